The van der Waals surface area contributed by atoms with Crippen LogP contribution in [0.5, 0.6) is 11.6 Å². The van der Waals surface area contributed by atoms with Crippen LogP contribution in [0, 0.1) is 19.7 Å². The molecule has 3 N–H and O–H groups in total. The van der Waals surface area contributed by atoms with Gasteiger partial charge in [-0.2, -0.15) is 0 Å². The highest BCUT2D eigenvalue weighted by Gasteiger charge is 2.16. The Morgan fingerprint density at radius 3 is 2.53 bits per heavy atom. The molecular weight excluding hydrogens is 413 g/mol. The second-order valence-electron chi connectivity index (χ2n) is 7.05. The molecule has 160 valence electrons. The molecule has 2 aromatic heterocycles. The Morgan fingerprint density at radius 2 is 1.81 bits per heavy atom. The molecule has 0 bridgehead atoms. The maximum absolute atomic E-state index is 14.1. The lowest BCUT2D eigenvalue weighted by molar-refractivity contribution is 0.0997. The zero-order chi connectivity index (χ0) is 22.8. The lowest BCUT2D eigenvalue weighted by atomic mass is 10.1. The molecule has 8 nitrogen and oxygen atoms in total. The van der Waals surface area contributed by atoms with Gasteiger partial charge in [0.1, 0.15) is 17.1 Å². The SMILES string of the molecule is Cc1nc2cc(F)cc(C(=O)Nc3ccc(Oc4cccc(C(N)=O)c4)nc3)c2nc1C. The molecule has 0 saturated carbocycles. The van der Waals surface area contributed by atoms with E-state index < -0.39 is 17.6 Å². The fraction of sp³-hybridized carbons (Fsp3) is 0.0870. The number of nitrogens with two attached hydrogens (primary N) is 1. The van der Waals surface area contributed by atoms with Crippen molar-refractivity contribution in [1.29, 1.82) is 0 Å². The molecule has 0 spiro atoms. The molecule has 2 heterocycles. The number of benzene rings is 2. The van der Waals surface area contributed by atoms with E-state index in [4.69, 9.17) is 10.5 Å². The van der Waals surface area contributed by atoms with Crippen LogP contribution < -0.4 is 15.8 Å². The molecule has 4 aromatic rings. The van der Waals surface area contributed by atoms with Crippen LogP contribution in [0.15, 0.2) is 54.7 Å². The minimum absolute atomic E-state index is 0.0687. The second-order valence-corrected chi connectivity index (χ2v) is 7.05. The van der Waals surface area contributed by atoms with Crippen molar-refractivity contribution in [3.63, 3.8) is 0 Å². The number of hydrogen-bond donors (Lipinski definition) is 2. The van der Waals surface area contributed by atoms with E-state index in [-0.39, 0.29) is 11.4 Å². The summed E-state index contributed by atoms with van der Waals surface area (Å²) in [7, 11) is 0. The number of aromatic nitrogens is 3. The Hall–Kier alpha value is -4.40. The van der Waals surface area contributed by atoms with Crippen molar-refractivity contribution >= 4 is 28.5 Å². The van der Waals surface area contributed by atoms with Crippen molar-refractivity contribution < 1.29 is 18.7 Å². The molecule has 4 rings (SSSR count). The number of nitrogens with zero attached hydrogens (tertiary/aromatic N) is 3. The van der Waals surface area contributed by atoms with E-state index in [2.05, 4.69) is 20.3 Å². The number of carbonyl (C=O) groups excluding carboxylic acids is 2. The molecule has 0 saturated heterocycles. The van der Waals surface area contributed by atoms with E-state index in [1.165, 1.54) is 18.3 Å². The topological polar surface area (TPSA) is 120 Å². The largest absolute Gasteiger partial charge is 0.439 e. The first-order chi connectivity index (χ1) is 15.3. The monoisotopic (exact) mass is 431 g/mol. The molecule has 0 unspecified atom stereocenters. The summed E-state index contributed by atoms with van der Waals surface area (Å²) in [5.74, 6) is -1.06. The summed E-state index contributed by atoms with van der Waals surface area (Å²) in [5.41, 5.74) is 7.96. The Balaban J connectivity index is 1.54. The van der Waals surface area contributed by atoms with Crippen LogP contribution in [0.1, 0.15) is 32.1 Å². The Bertz CT molecular complexity index is 1360. The van der Waals surface area contributed by atoms with Crippen LogP contribution in [0.3, 0.4) is 0 Å². The van der Waals surface area contributed by atoms with Gasteiger partial charge >= 0.3 is 0 Å². The molecule has 0 atom stereocenters. The lowest BCUT2D eigenvalue weighted by Crippen LogP contribution is -2.14. The average Bonchev–Trinajstić information content (AvgIpc) is 2.76. The number of carbonyl (C=O) groups is 2. The van der Waals surface area contributed by atoms with Gasteiger partial charge in [-0.3, -0.25) is 9.59 Å². The van der Waals surface area contributed by atoms with Crippen LogP contribution in [-0.4, -0.2) is 26.8 Å². The van der Waals surface area contributed by atoms with Gasteiger partial charge in [0.15, 0.2) is 0 Å². The molecule has 0 radical (unpaired) electrons. The number of nitrogens with one attached hydrogen (secondary N) is 1. The van der Waals surface area contributed by atoms with Crippen molar-refractivity contribution in [3.8, 4) is 11.6 Å². The first-order valence-electron chi connectivity index (χ1n) is 9.60. The molecule has 0 fully saturated rings. The van der Waals surface area contributed by atoms with Gasteiger partial charge in [0.05, 0.1) is 34.4 Å². The van der Waals surface area contributed by atoms with E-state index in [1.54, 1.807) is 44.2 Å². The number of aryl methyl sites for hydroxylation is 2. The normalized spacial score (nSPS) is 10.7. The third kappa shape index (κ3) is 4.36. The van der Waals surface area contributed by atoms with Gasteiger partial charge < -0.3 is 15.8 Å². The summed E-state index contributed by atoms with van der Waals surface area (Å²) in [6, 6.07) is 11.9. The number of anilines is 1. The van der Waals surface area contributed by atoms with Crippen LogP contribution in [0.2, 0.25) is 0 Å². The van der Waals surface area contributed by atoms with Gasteiger partial charge in [0.25, 0.3) is 5.91 Å². The van der Waals surface area contributed by atoms with Gasteiger partial charge in [-0.25, -0.2) is 19.3 Å². The average molecular weight is 431 g/mol. The number of amides is 2. The zero-order valence-electron chi connectivity index (χ0n) is 17.2. The number of hydrogen-bond acceptors (Lipinski definition) is 6. The van der Waals surface area contributed by atoms with E-state index in [0.29, 0.717) is 39.4 Å². The third-order valence-corrected chi connectivity index (χ3v) is 4.73. The minimum Gasteiger partial charge on any atom is -0.439 e. The molecule has 0 aliphatic carbocycles. The quantitative estimate of drug-likeness (QED) is 0.494. The Kier molecular flexibility index (Phi) is 5.46. The number of ether oxygens (including phenoxy) is 1. The van der Waals surface area contributed by atoms with Gasteiger partial charge in [0.2, 0.25) is 11.8 Å². The predicted octanol–water partition coefficient (Wildman–Crippen LogP) is 3.92. The van der Waals surface area contributed by atoms with Gasteiger partial charge in [-0.15, -0.1) is 0 Å². The Labute approximate surface area is 182 Å². The number of halogens is 1. The first-order valence-corrected chi connectivity index (χ1v) is 9.60. The smallest absolute Gasteiger partial charge is 0.258 e. The van der Waals surface area contributed by atoms with Crippen molar-refractivity contribution in [3.05, 3.63) is 83.1 Å². The van der Waals surface area contributed by atoms with Gasteiger partial charge in [0, 0.05) is 17.7 Å². The van der Waals surface area contributed by atoms with E-state index >= 15 is 0 Å². The summed E-state index contributed by atoms with van der Waals surface area (Å²) in [5, 5.41) is 2.67. The molecule has 32 heavy (non-hydrogen) atoms. The van der Waals surface area contributed by atoms with Crippen molar-refractivity contribution in [2.75, 3.05) is 5.32 Å². The van der Waals surface area contributed by atoms with E-state index in [0.717, 1.165) is 6.07 Å². The van der Waals surface area contributed by atoms with Crippen LogP contribution in [0.25, 0.3) is 11.0 Å². The number of fused-ring (bicyclic) bond motifs is 1. The first kappa shape index (κ1) is 20.9. The summed E-state index contributed by atoms with van der Waals surface area (Å²) < 4.78 is 19.7. The fourth-order valence-corrected chi connectivity index (χ4v) is 3.02. The van der Waals surface area contributed by atoms with Crippen molar-refractivity contribution in [2.45, 2.75) is 13.8 Å². The summed E-state index contributed by atoms with van der Waals surface area (Å²) in [4.78, 5) is 37.0. The number of primary amides is 1. The number of pyridine rings is 1. The Morgan fingerprint density at radius 1 is 1.03 bits per heavy atom. The summed E-state index contributed by atoms with van der Waals surface area (Å²) in [6.45, 7) is 3.54. The highest BCUT2D eigenvalue weighted by Crippen LogP contribution is 2.23. The summed E-state index contributed by atoms with van der Waals surface area (Å²) >= 11 is 0. The zero-order valence-corrected chi connectivity index (χ0v) is 17.2. The van der Waals surface area contributed by atoms with E-state index in [9.17, 15) is 14.0 Å². The summed E-state index contributed by atoms with van der Waals surface area (Å²) in [6.07, 6.45) is 1.40. The van der Waals surface area contributed by atoms with Crippen LogP contribution in [-0.2, 0) is 0 Å². The maximum Gasteiger partial charge on any atom is 0.258 e. The molecule has 0 aliphatic rings. The van der Waals surface area contributed by atoms with Gasteiger partial charge in [-0.1, -0.05) is 6.07 Å². The highest BCUT2D eigenvalue weighted by molar-refractivity contribution is 6.11. The fourth-order valence-electron chi connectivity index (χ4n) is 3.02. The van der Waals surface area contributed by atoms with Crippen molar-refractivity contribution in [2.24, 2.45) is 5.73 Å². The minimum atomic E-state index is -0.583. The second kappa shape index (κ2) is 8.38. The lowest BCUT2D eigenvalue weighted by Gasteiger charge is -2.10. The van der Waals surface area contributed by atoms with Crippen LogP contribution in [0.4, 0.5) is 10.1 Å². The van der Waals surface area contributed by atoms with Crippen LogP contribution >= 0.6 is 0 Å². The molecular formula is C23H18FN5O3. The maximum atomic E-state index is 14.1. The molecule has 0 aliphatic heterocycles. The molecule has 2 amide bonds. The van der Waals surface area contributed by atoms with Gasteiger partial charge in [-0.05, 0) is 44.2 Å². The van der Waals surface area contributed by atoms with E-state index in [1.807, 2.05) is 0 Å². The third-order valence-electron chi connectivity index (χ3n) is 4.73. The predicted molar refractivity (Wildman–Crippen MR) is 116 cm³/mol. The number of rotatable bonds is 5. The molecule has 9 heteroatoms. The van der Waals surface area contributed by atoms with Crippen molar-refractivity contribution in [1.82, 2.24) is 15.0 Å². The highest BCUT2D eigenvalue weighted by atomic mass is 19.1. The molecule has 2 aromatic carbocycles. The standard InChI is InChI=1S/C23H18FN5O3/c1-12-13(2)28-21-18(9-15(24)10-19(21)27-12)23(31)29-16-6-7-20(26-11-16)32-17-5-3-4-14(8-17)22(25)30/h3-11H,1-2H3,(H2,25,30)(H,29,31).